The van der Waals surface area contributed by atoms with Crippen LogP contribution in [0.1, 0.15) is 31.2 Å². The lowest BCUT2D eigenvalue weighted by molar-refractivity contribution is -0.117. The monoisotopic (exact) mass is 395 g/mol. The van der Waals surface area contributed by atoms with Gasteiger partial charge >= 0.3 is 0 Å². The minimum Gasteiger partial charge on any atom is -0.361 e. The molecule has 1 fully saturated rings. The zero-order chi connectivity index (χ0) is 19.5. The number of rotatable bonds is 6. The lowest BCUT2D eigenvalue weighted by Crippen LogP contribution is -2.25. The molecule has 0 radical (unpaired) electrons. The summed E-state index contributed by atoms with van der Waals surface area (Å²) in [6, 6.07) is 13.4. The van der Waals surface area contributed by atoms with Crippen LogP contribution in [0.3, 0.4) is 0 Å². The molecule has 2 aromatic carbocycles. The molecule has 28 heavy (non-hydrogen) atoms. The molecular weight excluding hydrogens is 374 g/mol. The molecule has 6 heteroatoms. The van der Waals surface area contributed by atoms with Crippen LogP contribution in [0.25, 0.3) is 10.9 Å². The van der Waals surface area contributed by atoms with Crippen molar-refractivity contribution in [3.63, 3.8) is 0 Å². The number of anilines is 2. The third kappa shape index (κ3) is 3.90. The van der Waals surface area contributed by atoms with E-state index in [2.05, 4.69) is 16.4 Å². The number of amides is 2. The second-order valence-corrected chi connectivity index (χ2v) is 7.51. The van der Waals surface area contributed by atoms with E-state index in [1.807, 2.05) is 24.4 Å². The lowest BCUT2D eigenvalue weighted by Gasteiger charge is -2.20. The largest absolute Gasteiger partial charge is 0.361 e. The SMILES string of the molecule is O=C(CCCc1c[nH]c2ccccc12)Nc1cc(Cl)ccc1N1CCCC1=O. The number of nitrogens with zero attached hydrogens (tertiary/aromatic N) is 1. The van der Waals surface area contributed by atoms with Gasteiger partial charge in [-0.15, -0.1) is 0 Å². The topological polar surface area (TPSA) is 65.2 Å². The molecule has 0 unspecified atom stereocenters. The number of aromatic amines is 1. The van der Waals surface area contributed by atoms with Gasteiger partial charge in [0, 0.05) is 41.5 Å². The predicted molar refractivity (Wildman–Crippen MR) is 113 cm³/mol. The number of para-hydroxylation sites is 1. The summed E-state index contributed by atoms with van der Waals surface area (Å²) in [7, 11) is 0. The van der Waals surface area contributed by atoms with Gasteiger partial charge in [-0.25, -0.2) is 0 Å². The van der Waals surface area contributed by atoms with E-state index in [9.17, 15) is 9.59 Å². The Hall–Kier alpha value is -2.79. The van der Waals surface area contributed by atoms with Crippen molar-refractivity contribution in [2.45, 2.75) is 32.1 Å². The summed E-state index contributed by atoms with van der Waals surface area (Å²) in [5.41, 5.74) is 3.65. The van der Waals surface area contributed by atoms with Gasteiger partial charge in [-0.1, -0.05) is 29.8 Å². The zero-order valence-corrected chi connectivity index (χ0v) is 16.3. The molecule has 2 amide bonds. The lowest BCUT2D eigenvalue weighted by atomic mass is 10.1. The van der Waals surface area contributed by atoms with Crippen LogP contribution in [-0.4, -0.2) is 23.3 Å². The molecule has 0 spiro atoms. The van der Waals surface area contributed by atoms with Gasteiger partial charge < -0.3 is 15.2 Å². The molecule has 0 aliphatic carbocycles. The number of aryl methyl sites for hydroxylation is 1. The Morgan fingerprint density at radius 3 is 2.89 bits per heavy atom. The van der Waals surface area contributed by atoms with E-state index in [-0.39, 0.29) is 11.8 Å². The van der Waals surface area contributed by atoms with Crippen LogP contribution in [0, 0.1) is 0 Å². The minimum absolute atomic E-state index is 0.0741. The first-order valence-corrected chi connectivity index (χ1v) is 9.94. The van der Waals surface area contributed by atoms with Crippen molar-refractivity contribution in [3.05, 3.63) is 59.2 Å². The fourth-order valence-corrected chi connectivity index (χ4v) is 3.91. The van der Waals surface area contributed by atoms with Crippen LogP contribution in [0.4, 0.5) is 11.4 Å². The van der Waals surface area contributed by atoms with Gasteiger partial charge in [-0.2, -0.15) is 0 Å². The first-order valence-electron chi connectivity index (χ1n) is 9.56. The highest BCUT2D eigenvalue weighted by molar-refractivity contribution is 6.31. The van der Waals surface area contributed by atoms with Gasteiger partial charge in [-0.3, -0.25) is 9.59 Å². The van der Waals surface area contributed by atoms with Gasteiger partial charge in [0.25, 0.3) is 0 Å². The first kappa shape index (κ1) is 18.6. The minimum atomic E-state index is -0.0741. The third-order valence-corrected chi connectivity index (χ3v) is 5.36. The fourth-order valence-electron chi connectivity index (χ4n) is 3.74. The standard InChI is InChI=1S/C22H22ClN3O2/c23-16-10-11-20(26-12-4-9-22(26)28)19(13-16)25-21(27)8-3-5-15-14-24-18-7-2-1-6-17(15)18/h1-2,6-7,10-11,13-14,24H,3-5,8-9,12H2,(H,25,27). The van der Waals surface area contributed by atoms with Gasteiger partial charge in [0.1, 0.15) is 0 Å². The van der Waals surface area contributed by atoms with Crippen molar-refractivity contribution in [1.29, 1.82) is 0 Å². The van der Waals surface area contributed by atoms with Crippen molar-refractivity contribution < 1.29 is 9.59 Å². The number of fused-ring (bicyclic) bond motifs is 1. The summed E-state index contributed by atoms with van der Waals surface area (Å²) >= 11 is 6.11. The molecule has 0 atom stereocenters. The van der Waals surface area contributed by atoms with Crippen LogP contribution < -0.4 is 10.2 Å². The number of aromatic nitrogens is 1. The summed E-state index contributed by atoms with van der Waals surface area (Å²) in [5, 5.41) is 4.67. The molecule has 2 heterocycles. The van der Waals surface area contributed by atoms with Gasteiger partial charge in [0.05, 0.1) is 11.4 Å². The third-order valence-electron chi connectivity index (χ3n) is 5.12. The van der Waals surface area contributed by atoms with E-state index in [0.717, 1.165) is 30.5 Å². The molecule has 1 aromatic heterocycles. The van der Waals surface area contributed by atoms with Crippen LogP contribution in [-0.2, 0) is 16.0 Å². The first-order chi connectivity index (χ1) is 13.6. The Morgan fingerprint density at radius 2 is 2.07 bits per heavy atom. The normalized spacial score (nSPS) is 14.0. The highest BCUT2D eigenvalue weighted by Crippen LogP contribution is 2.32. The summed E-state index contributed by atoms with van der Waals surface area (Å²) < 4.78 is 0. The number of benzene rings is 2. The molecule has 2 N–H and O–H groups in total. The van der Waals surface area contributed by atoms with E-state index in [1.165, 1.54) is 10.9 Å². The number of carbonyl (C=O) groups excluding carboxylic acids is 2. The van der Waals surface area contributed by atoms with Gasteiger partial charge in [0.15, 0.2) is 0 Å². The van der Waals surface area contributed by atoms with Crippen molar-refractivity contribution in [2.75, 3.05) is 16.8 Å². The quantitative estimate of drug-likeness (QED) is 0.622. The Labute approximate surface area is 168 Å². The second kappa shape index (κ2) is 8.07. The van der Waals surface area contributed by atoms with E-state index in [0.29, 0.717) is 30.1 Å². The van der Waals surface area contributed by atoms with Crippen LogP contribution in [0.5, 0.6) is 0 Å². The average Bonchev–Trinajstić information content (AvgIpc) is 3.29. The maximum atomic E-state index is 12.5. The average molecular weight is 396 g/mol. The van der Waals surface area contributed by atoms with Gasteiger partial charge in [0.2, 0.25) is 11.8 Å². The summed E-state index contributed by atoms with van der Waals surface area (Å²) in [5.74, 6) is 0.00663. The highest BCUT2D eigenvalue weighted by atomic mass is 35.5. The Kier molecular flexibility index (Phi) is 5.35. The Bertz CT molecular complexity index is 1030. The highest BCUT2D eigenvalue weighted by Gasteiger charge is 2.24. The predicted octanol–water partition coefficient (Wildman–Crippen LogP) is 4.91. The number of hydrogen-bond acceptors (Lipinski definition) is 2. The van der Waals surface area contributed by atoms with Gasteiger partial charge in [-0.05, 0) is 49.1 Å². The van der Waals surface area contributed by atoms with Crippen LogP contribution in [0.15, 0.2) is 48.7 Å². The maximum absolute atomic E-state index is 12.5. The maximum Gasteiger partial charge on any atom is 0.227 e. The van der Waals surface area contributed by atoms with E-state index in [4.69, 9.17) is 11.6 Å². The molecule has 144 valence electrons. The number of hydrogen-bond donors (Lipinski definition) is 2. The molecular formula is C22H22ClN3O2. The number of nitrogens with one attached hydrogen (secondary N) is 2. The smallest absolute Gasteiger partial charge is 0.227 e. The van der Waals surface area contributed by atoms with E-state index >= 15 is 0 Å². The zero-order valence-electron chi connectivity index (χ0n) is 15.5. The summed E-state index contributed by atoms with van der Waals surface area (Å²) in [6.07, 6.45) is 5.35. The molecule has 3 aromatic rings. The van der Waals surface area contributed by atoms with Crippen LogP contribution >= 0.6 is 11.6 Å². The molecule has 4 rings (SSSR count). The second-order valence-electron chi connectivity index (χ2n) is 7.07. The number of halogens is 1. The van der Waals surface area contributed by atoms with Crippen molar-refractivity contribution in [3.8, 4) is 0 Å². The Balaban J connectivity index is 1.40. The molecule has 1 aliphatic heterocycles. The number of carbonyl (C=O) groups is 2. The Morgan fingerprint density at radius 1 is 1.21 bits per heavy atom. The molecule has 0 saturated carbocycles. The molecule has 5 nitrogen and oxygen atoms in total. The van der Waals surface area contributed by atoms with Crippen LogP contribution in [0.2, 0.25) is 5.02 Å². The van der Waals surface area contributed by atoms with Crippen molar-refractivity contribution in [2.24, 2.45) is 0 Å². The van der Waals surface area contributed by atoms with E-state index in [1.54, 1.807) is 23.1 Å². The van der Waals surface area contributed by atoms with E-state index < -0.39 is 0 Å². The summed E-state index contributed by atoms with van der Waals surface area (Å²) in [6.45, 7) is 0.671. The molecule has 1 saturated heterocycles. The molecule has 1 aliphatic rings. The fraction of sp³-hybridized carbons (Fsp3) is 0.273. The molecule has 0 bridgehead atoms. The number of H-pyrrole nitrogens is 1. The summed E-state index contributed by atoms with van der Waals surface area (Å²) in [4.78, 5) is 29.6. The van der Waals surface area contributed by atoms with Crippen molar-refractivity contribution in [1.82, 2.24) is 4.98 Å². The van der Waals surface area contributed by atoms with Crippen molar-refractivity contribution >= 4 is 45.7 Å².